The van der Waals surface area contributed by atoms with E-state index in [2.05, 4.69) is 6.58 Å². The highest BCUT2D eigenvalue weighted by Crippen LogP contribution is 2.38. The smallest absolute Gasteiger partial charge is 0.308 e. The van der Waals surface area contributed by atoms with Crippen molar-refractivity contribution in [1.82, 2.24) is 0 Å². The number of benzene rings is 1. The van der Waals surface area contributed by atoms with E-state index >= 15 is 0 Å². The Labute approximate surface area is 98.3 Å². The van der Waals surface area contributed by atoms with Gasteiger partial charge in [-0.2, -0.15) is 0 Å². The highest BCUT2D eigenvalue weighted by atomic mass is 16.6. The van der Waals surface area contributed by atoms with E-state index in [1.807, 2.05) is 0 Å². The fraction of sp³-hybridized carbons (Fsp3) is 0.167. The first-order chi connectivity index (χ1) is 7.93. The van der Waals surface area contributed by atoms with Crippen molar-refractivity contribution in [2.45, 2.75) is 13.8 Å². The number of hydrogen-bond donors (Lipinski definition) is 1. The third kappa shape index (κ3) is 3.34. The Morgan fingerprint density at radius 2 is 1.82 bits per heavy atom. The summed E-state index contributed by atoms with van der Waals surface area (Å²) in [4.78, 5) is 21.8. The van der Waals surface area contributed by atoms with Gasteiger partial charge in [0, 0.05) is 13.8 Å². The van der Waals surface area contributed by atoms with Gasteiger partial charge in [-0.3, -0.25) is 9.59 Å². The van der Waals surface area contributed by atoms with Gasteiger partial charge in [0.2, 0.25) is 5.75 Å². The molecule has 1 rings (SSSR count). The van der Waals surface area contributed by atoms with E-state index in [1.54, 1.807) is 0 Å². The molecule has 0 bridgehead atoms. The summed E-state index contributed by atoms with van der Waals surface area (Å²) in [6.07, 6.45) is 1.46. The van der Waals surface area contributed by atoms with Crippen LogP contribution in [0.3, 0.4) is 0 Å². The third-order valence-corrected chi connectivity index (χ3v) is 1.79. The quantitative estimate of drug-likeness (QED) is 0.640. The molecule has 1 aromatic rings. The molecule has 0 radical (unpaired) electrons. The molecular formula is C12H12O5. The Bertz CT molecular complexity index is 476. The summed E-state index contributed by atoms with van der Waals surface area (Å²) in [7, 11) is 0. The van der Waals surface area contributed by atoms with E-state index in [9.17, 15) is 14.7 Å². The van der Waals surface area contributed by atoms with Gasteiger partial charge in [0.25, 0.3) is 0 Å². The zero-order chi connectivity index (χ0) is 13.0. The summed E-state index contributed by atoms with van der Waals surface area (Å²) in [5, 5.41) is 9.65. The molecule has 0 heterocycles. The van der Waals surface area contributed by atoms with E-state index in [4.69, 9.17) is 9.47 Å². The van der Waals surface area contributed by atoms with Gasteiger partial charge in [-0.05, 0) is 17.7 Å². The first-order valence-electron chi connectivity index (χ1n) is 4.80. The molecular weight excluding hydrogens is 224 g/mol. The Morgan fingerprint density at radius 3 is 2.29 bits per heavy atom. The molecule has 5 heteroatoms. The van der Waals surface area contributed by atoms with E-state index < -0.39 is 11.9 Å². The summed E-state index contributed by atoms with van der Waals surface area (Å²) in [6, 6.07) is 2.78. The van der Waals surface area contributed by atoms with Crippen molar-refractivity contribution in [2.75, 3.05) is 0 Å². The molecule has 0 unspecified atom stereocenters. The van der Waals surface area contributed by atoms with Crippen LogP contribution in [0.25, 0.3) is 6.08 Å². The summed E-state index contributed by atoms with van der Waals surface area (Å²) >= 11 is 0. The number of hydrogen-bond acceptors (Lipinski definition) is 5. The Hall–Kier alpha value is -2.30. The first kappa shape index (κ1) is 12.8. The zero-order valence-corrected chi connectivity index (χ0v) is 9.52. The van der Waals surface area contributed by atoms with Crippen LogP contribution in [0.4, 0.5) is 0 Å². The molecule has 17 heavy (non-hydrogen) atoms. The van der Waals surface area contributed by atoms with E-state index in [0.717, 1.165) is 0 Å². The van der Waals surface area contributed by atoms with Crippen molar-refractivity contribution in [3.63, 3.8) is 0 Å². The second-order valence-electron chi connectivity index (χ2n) is 3.26. The number of rotatable bonds is 3. The monoisotopic (exact) mass is 236 g/mol. The molecule has 0 atom stereocenters. The molecule has 0 aromatic heterocycles. The number of esters is 2. The van der Waals surface area contributed by atoms with Crippen LogP contribution in [0.2, 0.25) is 0 Å². The van der Waals surface area contributed by atoms with Gasteiger partial charge in [0.05, 0.1) is 0 Å². The maximum Gasteiger partial charge on any atom is 0.308 e. The van der Waals surface area contributed by atoms with Crippen molar-refractivity contribution in [2.24, 2.45) is 0 Å². The SMILES string of the molecule is C=Cc1cc(O)c(OC(C)=O)c(OC(C)=O)c1. The lowest BCUT2D eigenvalue weighted by Gasteiger charge is -2.11. The summed E-state index contributed by atoms with van der Waals surface area (Å²) in [5.74, 6) is -1.71. The third-order valence-electron chi connectivity index (χ3n) is 1.79. The Balaban J connectivity index is 3.27. The average molecular weight is 236 g/mol. The molecule has 0 spiro atoms. The molecule has 0 amide bonds. The largest absolute Gasteiger partial charge is 0.504 e. The van der Waals surface area contributed by atoms with Gasteiger partial charge < -0.3 is 14.6 Å². The van der Waals surface area contributed by atoms with Crippen LogP contribution in [0.15, 0.2) is 18.7 Å². The molecule has 0 aliphatic carbocycles. The van der Waals surface area contributed by atoms with E-state index in [-0.39, 0.29) is 17.2 Å². The minimum atomic E-state index is -0.625. The fourth-order valence-electron chi connectivity index (χ4n) is 1.20. The van der Waals surface area contributed by atoms with Crippen LogP contribution in [-0.4, -0.2) is 17.0 Å². The van der Waals surface area contributed by atoms with Crippen LogP contribution >= 0.6 is 0 Å². The van der Waals surface area contributed by atoms with Crippen molar-refractivity contribution in [3.8, 4) is 17.2 Å². The minimum absolute atomic E-state index is 0.0254. The normalized spacial score (nSPS) is 9.53. The van der Waals surface area contributed by atoms with Crippen molar-refractivity contribution < 1.29 is 24.2 Å². The van der Waals surface area contributed by atoms with Crippen LogP contribution < -0.4 is 9.47 Å². The molecule has 0 aliphatic heterocycles. The second kappa shape index (κ2) is 5.16. The minimum Gasteiger partial charge on any atom is -0.504 e. The number of carbonyl (C=O) groups is 2. The molecule has 1 aromatic carbocycles. The average Bonchev–Trinajstić information content (AvgIpc) is 2.21. The number of ether oxygens (including phenoxy) is 2. The highest BCUT2D eigenvalue weighted by molar-refractivity contribution is 5.76. The topological polar surface area (TPSA) is 72.8 Å². The molecule has 0 saturated heterocycles. The molecule has 1 N–H and O–H groups in total. The second-order valence-corrected chi connectivity index (χ2v) is 3.26. The molecule has 90 valence electrons. The van der Waals surface area contributed by atoms with Gasteiger partial charge in [-0.15, -0.1) is 0 Å². The standard InChI is InChI=1S/C12H12O5/c1-4-9-5-10(15)12(17-8(3)14)11(6-9)16-7(2)13/h4-6,15H,1H2,2-3H3. The summed E-state index contributed by atoms with van der Waals surface area (Å²) < 4.78 is 9.62. The van der Waals surface area contributed by atoms with Crippen LogP contribution in [0.1, 0.15) is 19.4 Å². The maximum atomic E-state index is 10.9. The van der Waals surface area contributed by atoms with Gasteiger partial charge in [0.1, 0.15) is 0 Å². The maximum absolute atomic E-state index is 10.9. The van der Waals surface area contributed by atoms with Gasteiger partial charge >= 0.3 is 11.9 Å². The van der Waals surface area contributed by atoms with Gasteiger partial charge in [0.15, 0.2) is 11.5 Å². The summed E-state index contributed by atoms with van der Waals surface area (Å²) in [5.41, 5.74) is 0.537. The highest BCUT2D eigenvalue weighted by Gasteiger charge is 2.16. The number of carbonyl (C=O) groups excluding carboxylic acids is 2. The van der Waals surface area contributed by atoms with E-state index in [0.29, 0.717) is 5.56 Å². The lowest BCUT2D eigenvalue weighted by molar-refractivity contribution is -0.134. The predicted molar refractivity (Wildman–Crippen MR) is 60.8 cm³/mol. The Kier molecular flexibility index (Phi) is 3.87. The number of phenols is 1. The molecule has 0 fully saturated rings. The molecule has 0 aliphatic rings. The van der Waals surface area contributed by atoms with Gasteiger partial charge in [-0.25, -0.2) is 0 Å². The van der Waals surface area contributed by atoms with Crippen LogP contribution in [-0.2, 0) is 9.59 Å². The van der Waals surface area contributed by atoms with Gasteiger partial charge in [-0.1, -0.05) is 12.7 Å². The molecule has 0 saturated carbocycles. The number of aromatic hydroxyl groups is 1. The number of phenolic OH excluding ortho intramolecular Hbond substituents is 1. The van der Waals surface area contributed by atoms with Crippen LogP contribution in [0.5, 0.6) is 17.2 Å². The zero-order valence-electron chi connectivity index (χ0n) is 9.52. The fourth-order valence-corrected chi connectivity index (χ4v) is 1.20. The predicted octanol–water partition coefficient (Wildman–Crippen LogP) is 1.89. The van der Waals surface area contributed by atoms with Crippen molar-refractivity contribution >= 4 is 18.0 Å². The Morgan fingerprint density at radius 1 is 1.24 bits per heavy atom. The lowest BCUT2D eigenvalue weighted by atomic mass is 10.2. The molecule has 5 nitrogen and oxygen atoms in total. The summed E-state index contributed by atoms with van der Waals surface area (Å²) in [6.45, 7) is 5.91. The van der Waals surface area contributed by atoms with Crippen molar-refractivity contribution in [3.05, 3.63) is 24.3 Å². The lowest BCUT2D eigenvalue weighted by Crippen LogP contribution is -2.07. The van der Waals surface area contributed by atoms with Crippen LogP contribution in [0, 0.1) is 0 Å². The van der Waals surface area contributed by atoms with E-state index in [1.165, 1.54) is 32.1 Å². The first-order valence-corrected chi connectivity index (χ1v) is 4.80. The van der Waals surface area contributed by atoms with Crippen molar-refractivity contribution in [1.29, 1.82) is 0 Å².